The summed E-state index contributed by atoms with van der Waals surface area (Å²) < 4.78 is 29.7. The minimum absolute atomic E-state index is 0.00495. The summed E-state index contributed by atoms with van der Waals surface area (Å²) in [6.45, 7) is 5.19. The van der Waals surface area contributed by atoms with Crippen LogP contribution in [0, 0.1) is 0 Å². The van der Waals surface area contributed by atoms with Crippen LogP contribution in [0.25, 0.3) is 0 Å². The van der Waals surface area contributed by atoms with Gasteiger partial charge in [0.25, 0.3) is 0 Å². The number of ether oxygens (including phenoxy) is 2. The van der Waals surface area contributed by atoms with Crippen molar-refractivity contribution >= 4 is 30.2 Å². The van der Waals surface area contributed by atoms with Crippen molar-refractivity contribution in [3.8, 4) is 0 Å². The molecule has 1 heterocycles. The molecule has 0 aromatic carbocycles. The summed E-state index contributed by atoms with van der Waals surface area (Å²) in [6, 6.07) is 0. The van der Waals surface area contributed by atoms with Crippen LogP contribution in [-0.2, 0) is 18.6 Å². The predicted molar refractivity (Wildman–Crippen MR) is 92.0 cm³/mol. The van der Waals surface area contributed by atoms with Crippen LogP contribution in [0.15, 0.2) is 11.4 Å². The molecule has 0 radical (unpaired) electrons. The maximum absolute atomic E-state index is 12.4. The van der Waals surface area contributed by atoms with Crippen LogP contribution in [0.5, 0.6) is 0 Å². The molecule has 1 aliphatic rings. The van der Waals surface area contributed by atoms with Crippen molar-refractivity contribution in [3.63, 3.8) is 0 Å². The van der Waals surface area contributed by atoms with Gasteiger partial charge in [-0.1, -0.05) is 35.6 Å². The SMILES string of the molecule is CCC(C)O[P@@](=O)(O)C(=CCCI)COC1CCCOC1. The van der Waals surface area contributed by atoms with Crippen LogP contribution < -0.4 is 0 Å². The summed E-state index contributed by atoms with van der Waals surface area (Å²) in [6.07, 6.45) is 4.86. The molecule has 0 aliphatic carbocycles. The normalized spacial score (nSPS) is 24.6. The predicted octanol–water partition coefficient (Wildman–Crippen LogP) is 3.89. The lowest BCUT2D eigenvalue weighted by Gasteiger charge is -2.25. The van der Waals surface area contributed by atoms with E-state index in [0.29, 0.717) is 18.3 Å². The molecule has 0 amide bonds. The van der Waals surface area contributed by atoms with Crippen molar-refractivity contribution in [2.45, 2.75) is 51.7 Å². The summed E-state index contributed by atoms with van der Waals surface area (Å²) in [5, 5.41) is 0.366. The minimum atomic E-state index is -3.78. The van der Waals surface area contributed by atoms with E-state index in [2.05, 4.69) is 22.6 Å². The lowest BCUT2D eigenvalue weighted by atomic mass is 10.2. The summed E-state index contributed by atoms with van der Waals surface area (Å²) in [5.41, 5.74) is 0. The molecule has 1 rings (SSSR count). The molecule has 1 aliphatic heterocycles. The molecule has 2 unspecified atom stereocenters. The first-order chi connectivity index (χ1) is 9.99. The Morgan fingerprint density at radius 2 is 2.38 bits per heavy atom. The van der Waals surface area contributed by atoms with Gasteiger partial charge in [0.2, 0.25) is 0 Å². The second kappa shape index (κ2) is 10.3. The molecular formula is C14H26IO5P. The standard InChI is InChI=1S/C14H26IO5P/c1-3-12(2)20-21(16,17)14(7-4-8-15)11-19-13-6-5-9-18-10-13/h7,12-13H,3-6,8-11H2,1-2H3,(H,16,17). The van der Waals surface area contributed by atoms with E-state index in [9.17, 15) is 9.46 Å². The van der Waals surface area contributed by atoms with Crippen molar-refractivity contribution in [2.24, 2.45) is 0 Å². The Hall–Kier alpha value is 0.540. The first-order valence-corrected chi connectivity index (χ1v) is 10.6. The fourth-order valence-corrected chi connectivity index (χ4v) is 3.59. The quantitative estimate of drug-likeness (QED) is 0.340. The lowest BCUT2D eigenvalue weighted by Crippen LogP contribution is -2.26. The van der Waals surface area contributed by atoms with Gasteiger partial charge >= 0.3 is 7.60 Å². The Morgan fingerprint density at radius 1 is 1.62 bits per heavy atom. The average Bonchev–Trinajstić information content (AvgIpc) is 2.47. The highest BCUT2D eigenvalue weighted by Crippen LogP contribution is 2.52. The molecule has 0 saturated carbocycles. The van der Waals surface area contributed by atoms with E-state index in [0.717, 1.165) is 30.3 Å². The van der Waals surface area contributed by atoms with E-state index >= 15 is 0 Å². The van der Waals surface area contributed by atoms with E-state index in [4.69, 9.17) is 14.0 Å². The fraction of sp³-hybridized carbons (Fsp3) is 0.857. The largest absolute Gasteiger partial charge is 0.379 e. The number of hydrogen-bond donors (Lipinski definition) is 1. The van der Waals surface area contributed by atoms with Gasteiger partial charge in [0, 0.05) is 11.0 Å². The van der Waals surface area contributed by atoms with Gasteiger partial charge in [0.15, 0.2) is 0 Å². The van der Waals surface area contributed by atoms with Crippen LogP contribution in [0.1, 0.15) is 39.5 Å². The number of allylic oxidation sites excluding steroid dienone is 1. The number of alkyl halides is 1. The van der Waals surface area contributed by atoms with Crippen LogP contribution in [0.3, 0.4) is 0 Å². The Bertz CT molecular complexity index is 368. The van der Waals surface area contributed by atoms with Crippen LogP contribution in [0.4, 0.5) is 0 Å². The third-order valence-electron chi connectivity index (χ3n) is 3.34. The van der Waals surface area contributed by atoms with E-state index in [1.165, 1.54) is 0 Å². The van der Waals surface area contributed by atoms with Crippen molar-refractivity contribution < 1.29 is 23.5 Å². The van der Waals surface area contributed by atoms with E-state index in [1.54, 1.807) is 13.0 Å². The first-order valence-electron chi connectivity index (χ1n) is 7.45. The highest BCUT2D eigenvalue weighted by molar-refractivity contribution is 14.1. The molecule has 1 saturated heterocycles. The number of halogens is 1. The van der Waals surface area contributed by atoms with Gasteiger partial charge < -0.3 is 18.9 Å². The van der Waals surface area contributed by atoms with Crippen LogP contribution in [0.2, 0.25) is 0 Å². The van der Waals surface area contributed by atoms with Gasteiger partial charge in [0.05, 0.1) is 30.7 Å². The molecule has 0 aromatic heterocycles. The Morgan fingerprint density at radius 3 is 2.95 bits per heavy atom. The molecule has 3 atom stereocenters. The molecule has 0 bridgehead atoms. The maximum Gasteiger partial charge on any atom is 0.357 e. The minimum Gasteiger partial charge on any atom is -0.379 e. The molecule has 21 heavy (non-hydrogen) atoms. The summed E-state index contributed by atoms with van der Waals surface area (Å²) in [5.74, 6) is 0. The van der Waals surface area contributed by atoms with Crippen molar-refractivity contribution in [1.82, 2.24) is 0 Å². The monoisotopic (exact) mass is 432 g/mol. The Balaban J connectivity index is 2.63. The molecule has 1 N–H and O–H groups in total. The molecule has 5 nitrogen and oxygen atoms in total. The molecule has 7 heteroatoms. The average molecular weight is 432 g/mol. The van der Waals surface area contributed by atoms with Gasteiger partial charge in [-0.3, -0.25) is 4.57 Å². The molecule has 1 fully saturated rings. The van der Waals surface area contributed by atoms with Gasteiger partial charge in [-0.2, -0.15) is 0 Å². The van der Waals surface area contributed by atoms with Crippen molar-refractivity contribution in [1.29, 1.82) is 0 Å². The lowest BCUT2D eigenvalue weighted by molar-refractivity contribution is -0.0422. The van der Waals surface area contributed by atoms with Crippen LogP contribution in [-0.4, -0.2) is 41.3 Å². The summed E-state index contributed by atoms with van der Waals surface area (Å²) in [7, 11) is -3.78. The summed E-state index contributed by atoms with van der Waals surface area (Å²) in [4.78, 5) is 10.2. The zero-order chi connectivity index (χ0) is 15.7. The number of hydrogen-bond acceptors (Lipinski definition) is 4. The molecule has 0 spiro atoms. The zero-order valence-electron chi connectivity index (χ0n) is 12.8. The van der Waals surface area contributed by atoms with Crippen LogP contribution >= 0.6 is 30.2 Å². The third kappa shape index (κ3) is 7.57. The van der Waals surface area contributed by atoms with Crippen molar-refractivity contribution in [2.75, 3.05) is 24.2 Å². The van der Waals surface area contributed by atoms with E-state index in [-0.39, 0.29) is 18.8 Å². The second-order valence-corrected chi connectivity index (χ2v) is 8.07. The molecule has 0 aromatic rings. The Labute approximate surface area is 141 Å². The number of rotatable bonds is 9. The smallest absolute Gasteiger partial charge is 0.357 e. The van der Waals surface area contributed by atoms with Gasteiger partial charge in [0.1, 0.15) is 0 Å². The first kappa shape index (κ1) is 19.6. The van der Waals surface area contributed by atoms with Gasteiger partial charge in [-0.15, -0.1) is 0 Å². The van der Waals surface area contributed by atoms with E-state index < -0.39 is 7.60 Å². The van der Waals surface area contributed by atoms with Crippen molar-refractivity contribution in [3.05, 3.63) is 11.4 Å². The van der Waals surface area contributed by atoms with E-state index in [1.807, 2.05) is 6.92 Å². The maximum atomic E-state index is 12.4. The topological polar surface area (TPSA) is 65.0 Å². The summed E-state index contributed by atoms with van der Waals surface area (Å²) >= 11 is 2.24. The molecule has 124 valence electrons. The third-order valence-corrected chi connectivity index (χ3v) is 5.64. The fourth-order valence-electron chi connectivity index (χ4n) is 1.91. The highest BCUT2D eigenvalue weighted by atomic mass is 127. The van der Waals surface area contributed by atoms with Gasteiger partial charge in [-0.05, 0) is 32.6 Å². The molecular weight excluding hydrogens is 406 g/mol. The van der Waals surface area contributed by atoms with Gasteiger partial charge in [-0.25, -0.2) is 0 Å². The second-order valence-electron chi connectivity index (χ2n) is 5.17. The Kier molecular flexibility index (Phi) is 9.64. The zero-order valence-corrected chi connectivity index (χ0v) is 15.8. The highest BCUT2D eigenvalue weighted by Gasteiger charge is 2.29.